The maximum atomic E-state index is 5.36. The molecule has 2 aromatic rings. The Morgan fingerprint density at radius 2 is 1.48 bits per heavy atom. The van der Waals surface area contributed by atoms with Gasteiger partial charge in [0.25, 0.3) is 0 Å². The van der Waals surface area contributed by atoms with E-state index >= 15 is 0 Å². The molecule has 122 valence electrons. The van der Waals surface area contributed by atoms with Gasteiger partial charge in [0.15, 0.2) is 16.6 Å². The van der Waals surface area contributed by atoms with Crippen LogP contribution in [0.4, 0.5) is 11.4 Å². The van der Waals surface area contributed by atoms with Crippen molar-refractivity contribution in [3.05, 3.63) is 42.0 Å². The molecule has 0 aliphatic rings. The number of hydrogen-bond donors (Lipinski definition) is 2. The second-order valence-electron chi connectivity index (χ2n) is 4.85. The highest BCUT2D eigenvalue weighted by Crippen LogP contribution is 2.30. The second kappa shape index (κ2) is 7.69. The Labute approximate surface area is 141 Å². The first-order valence-corrected chi connectivity index (χ1v) is 7.43. The van der Waals surface area contributed by atoms with Gasteiger partial charge in [-0.25, -0.2) is 0 Å². The normalized spacial score (nSPS) is 9.91. The average molecular weight is 332 g/mol. The zero-order chi connectivity index (χ0) is 16.8. The molecule has 0 saturated heterocycles. The van der Waals surface area contributed by atoms with Crippen LogP contribution in [0.1, 0.15) is 5.56 Å². The van der Waals surface area contributed by atoms with Gasteiger partial charge in [-0.15, -0.1) is 0 Å². The number of nitrogens with one attached hydrogen (secondary N) is 2. The van der Waals surface area contributed by atoms with Gasteiger partial charge < -0.3 is 24.8 Å². The molecule has 0 aliphatic heterocycles. The average Bonchev–Trinajstić information content (AvgIpc) is 2.54. The molecule has 0 bridgehead atoms. The van der Waals surface area contributed by atoms with Crippen molar-refractivity contribution < 1.29 is 14.2 Å². The largest absolute Gasteiger partial charge is 0.495 e. The molecular formula is C17H20N2O3S. The lowest BCUT2D eigenvalue weighted by molar-refractivity contribution is 0.355. The van der Waals surface area contributed by atoms with Crippen molar-refractivity contribution in [2.75, 3.05) is 32.0 Å². The highest BCUT2D eigenvalue weighted by molar-refractivity contribution is 7.80. The molecule has 0 heterocycles. The van der Waals surface area contributed by atoms with Crippen LogP contribution in [-0.2, 0) is 0 Å². The van der Waals surface area contributed by atoms with Crippen LogP contribution in [0.5, 0.6) is 17.2 Å². The molecule has 2 N–H and O–H groups in total. The van der Waals surface area contributed by atoms with Crippen molar-refractivity contribution >= 4 is 28.7 Å². The zero-order valence-corrected chi connectivity index (χ0v) is 14.4. The van der Waals surface area contributed by atoms with Gasteiger partial charge in [-0.05, 0) is 49.0 Å². The van der Waals surface area contributed by atoms with E-state index in [0.717, 1.165) is 22.7 Å². The number of aryl methyl sites for hydroxylation is 1. The lowest BCUT2D eigenvalue weighted by Crippen LogP contribution is -2.19. The zero-order valence-electron chi connectivity index (χ0n) is 13.6. The van der Waals surface area contributed by atoms with Crippen LogP contribution in [0.3, 0.4) is 0 Å². The minimum Gasteiger partial charge on any atom is -0.495 e. The summed E-state index contributed by atoms with van der Waals surface area (Å²) in [6.45, 7) is 2.01. The fraction of sp³-hybridized carbons (Fsp3) is 0.235. The van der Waals surface area contributed by atoms with E-state index in [1.54, 1.807) is 21.3 Å². The van der Waals surface area contributed by atoms with Crippen molar-refractivity contribution in [3.63, 3.8) is 0 Å². The van der Waals surface area contributed by atoms with Crippen LogP contribution in [0.15, 0.2) is 36.4 Å². The summed E-state index contributed by atoms with van der Waals surface area (Å²) in [5.41, 5.74) is 2.72. The lowest BCUT2D eigenvalue weighted by atomic mass is 10.2. The molecule has 6 heteroatoms. The minimum atomic E-state index is 0.459. The van der Waals surface area contributed by atoms with Crippen LogP contribution in [0, 0.1) is 6.92 Å². The fourth-order valence-corrected chi connectivity index (χ4v) is 2.35. The molecule has 0 fully saturated rings. The van der Waals surface area contributed by atoms with E-state index in [1.165, 1.54) is 0 Å². The molecule has 0 amide bonds. The predicted octanol–water partition coefficient (Wildman–Crippen LogP) is 3.83. The Bertz CT molecular complexity index is 704. The van der Waals surface area contributed by atoms with E-state index in [0.29, 0.717) is 16.6 Å². The van der Waals surface area contributed by atoms with Gasteiger partial charge in [0, 0.05) is 11.8 Å². The SMILES string of the molecule is COc1ccc(C)cc1NC(=S)Nc1ccc(OC)c(OC)c1. The van der Waals surface area contributed by atoms with E-state index in [4.69, 9.17) is 26.4 Å². The summed E-state index contributed by atoms with van der Waals surface area (Å²) >= 11 is 5.36. The van der Waals surface area contributed by atoms with Crippen LogP contribution in [0.2, 0.25) is 0 Å². The Morgan fingerprint density at radius 1 is 0.826 bits per heavy atom. The van der Waals surface area contributed by atoms with E-state index in [9.17, 15) is 0 Å². The molecule has 2 rings (SSSR count). The molecule has 0 saturated carbocycles. The molecule has 0 atom stereocenters. The predicted molar refractivity (Wildman–Crippen MR) is 97.1 cm³/mol. The molecule has 5 nitrogen and oxygen atoms in total. The van der Waals surface area contributed by atoms with Crippen LogP contribution < -0.4 is 24.8 Å². The van der Waals surface area contributed by atoms with E-state index in [-0.39, 0.29) is 0 Å². The molecule has 0 aromatic heterocycles. The summed E-state index contributed by atoms with van der Waals surface area (Å²) < 4.78 is 15.8. The Morgan fingerprint density at radius 3 is 2.13 bits per heavy atom. The van der Waals surface area contributed by atoms with E-state index in [2.05, 4.69) is 10.6 Å². The number of thiocarbonyl (C=S) groups is 1. The summed E-state index contributed by atoms with van der Waals surface area (Å²) in [6.07, 6.45) is 0. The first-order chi connectivity index (χ1) is 11.1. The topological polar surface area (TPSA) is 51.8 Å². The standard InChI is InChI=1S/C17H20N2O3S/c1-11-5-7-14(20-2)13(9-11)19-17(23)18-12-6-8-15(21-3)16(10-12)22-4/h5-10H,1-4H3,(H2,18,19,23). The number of methoxy groups -OCH3 is 3. The third-order valence-corrected chi connectivity index (χ3v) is 3.45. The highest BCUT2D eigenvalue weighted by Gasteiger charge is 2.08. The van der Waals surface area contributed by atoms with Gasteiger partial charge in [0.2, 0.25) is 0 Å². The van der Waals surface area contributed by atoms with Gasteiger partial charge in [0.1, 0.15) is 5.75 Å². The molecule has 0 radical (unpaired) electrons. The number of ether oxygens (including phenoxy) is 3. The quantitative estimate of drug-likeness (QED) is 0.812. The number of benzene rings is 2. The number of rotatable bonds is 5. The van der Waals surface area contributed by atoms with E-state index in [1.807, 2.05) is 43.3 Å². The molecular weight excluding hydrogens is 312 g/mol. The molecule has 0 unspecified atom stereocenters. The maximum absolute atomic E-state index is 5.36. The Hall–Kier alpha value is -2.47. The molecule has 2 aromatic carbocycles. The molecule has 0 aliphatic carbocycles. The fourth-order valence-electron chi connectivity index (χ4n) is 2.12. The number of anilines is 2. The van der Waals surface area contributed by atoms with Gasteiger partial charge in [-0.2, -0.15) is 0 Å². The summed E-state index contributed by atoms with van der Waals surface area (Å²) in [5, 5.41) is 6.72. The monoisotopic (exact) mass is 332 g/mol. The highest BCUT2D eigenvalue weighted by atomic mass is 32.1. The van der Waals surface area contributed by atoms with Crippen molar-refractivity contribution in [1.82, 2.24) is 0 Å². The van der Waals surface area contributed by atoms with Gasteiger partial charge >= 0.3 is 0 Å². The summed E-state index contributed by atoms with van der Waals surface area (Å²) in [4.78, 5) is 0. The smallest absolute Gasteiger partial charge is 0.175 e. The van der Waals surface area contributed by atoms with Gasteiger partial charge in [0.05, 0.1) is 27.0 Å². The molecule has 0 spiro atoms. The summed E-state index contributed by atoms with van der Waals surface area (Å²) in [7, 11) is 4.82. The third kappa shape index (κ3) is 4.26. The minimum absolute atomic E-state index is 0.459. The van der Waals surface area contributed by atoms with Crippen LogP contribution in [-0.4, -0.2) is 26.4 Å². The van der Waals surface area contributed by atoms with Gasteiger partial charge in [-0.3, -0.25) is 0 Å². The van der Waals surface area contributed by atoms with Crippen molar-refractivity contribution in [1.29, 1.82) is 0 Å². The van der Waals surface area contributed by atoms with Crippen molar-refractivity contribution in [2.24, 2.45) is 0 Å². The lowest BCUT2D eigenvalue weighted by Gasteiger charge is -2.15. The maximum Gasteiger partial charge on any atom is 0.175 e. The summed E-state index contributed by atoms with van der Waals surface area (Å²) in [5.74, 6) is 2.03. The Kier molecular flexibility index (Phi) is 5.65. The van der Waals surface area contributed by atoms with Gasteiger partial charge in [-0.1, -0.05) is 6.07 Å². The van der Waals surface area contributed by atoms with Crippen molar-refractivity contribution in [3.8, 4) is 17.2 Å². The summed E-state index contributed by atoms with van der Waals surface area (Å²) in [6, 6.07) is 11.4. The van der Waals surface area contributed by atoms with Crippen LogP contribution >= 0.6 is 12.2 Å². The van der Waals surface area contributed by atoms with Crippen molar-refractivity contribution in [2.45, 2.75) is 6.92 Å². The third-order valence-electron chi connectivity index (χ3n) is 3.24. The second-order valence-corrected chi connectivity index (χ2v) is 5.26. The first kappa shape index (κ1) is 16.9. The number of hydrogen-bond acceptors (Lipinski definition) is 4. The van der Waals surface area contributed by atoms with Crippen LogP contribution in [0.25, 0.3) is 0 Å². The first-order valence-electron chi connectivity index (χ1n) is 7.02. The van der Waals surface area contributed by atoms with E-state index < -0.39 is 0 Å². The Balaban J connectivity index is 2.12. The molecule has 23 heavy (non-hydrogen) atoms.